The lowest BCUT2D eigenvalue weighted by Gasteiger charge is -2.01. The van der Waals surface area contributed by atoms with E-state index in [1.807, 2.05) is 6.07 Å². The van der Waals surface area contributed by atoms with Gasteiger partial charge < -0.3 is 9.84 Å². The van der Waals surface area contributed by atoms with Crippen molar-refractivity contribution in [3.63, 3.8) is 0 Å². The van der Waals surface area contributed by atoms with Gasteiger partial charge in [0.05, 0.1) is 32.9 Å². The van der Waals surface area contributed by atoms with Crippen molar-refractivity contribution in [2.75, 3.05) is 0 Å². The van der Waals surface area contributed by atoms with Gasteiger partial charge in [0.2, 0.25) is 5.90 Å². The molecule has 3 aromatic carbocycles. The van der Waals surface area contributed by atoms with Crippen LogP contribution < -0.4 is 0 Å². The number of esters is 1. The fraction of sp³-hybridized carbons (Fsp3) is 0. The number of aliphatic imine (C=N–C) groups is 1. The fourth-order valence-corrected chi connectivity index (χ4v) is 2.94. The summed E-state index contributed by atoms with van der Waals surface area (Å²) in [5.41, 5.74) is -0.270. The predicted octanol–water partition coefficient (Wildman–Crippen LogP) is 4.97. The molecule has 0 aromatic heterocycles. The summed E-state index contributed by atoms with van der Waals surface area (Å²) in [6.07, 6.45) is 1.23. The van der Waals surface area contributed by atoms with Crippen LogP contribution in [0.3, 0.4) is 0 Å². The average Bonchev–Trinajstić information content (AvgIpc) is 3.20. The van der Waals surface area contributed by atoms with E-state index in [1.165, 1.54) is 24.3 Å². The minimum absolute atomic E-state index is 0.118. The molecule has 0 atom stereocenters. The van der Waals surface area contributed by atoms with Crippen molar-refractivity contribution < 1.29 is 24.5 Å². The van der Waals surface area contributed by atoms with Gasteiger partial charge >= 0.3 is 5.97 Å². The minimum Gasteiger partial charge on any atom is -0.507 e. The lowest BCUT2D eigenvalue weighted by Crippen LogP contribution is -2.06. The molecular weight excluding hydrogens is 446 g/mol. The van der Waals surface area contributed by atoms with Crippen molar-refractivity contribution in [1.29, 1.82) is 0 Å². The van der Waals surface area contributed by atoms with Crippen molar-refractivity contribution in [2.24, 2.45) is 15.2 Å². The lowest BCUT2D eigenvalue weighted by atomic mass is 10.1. The first-order valence-electron chi connectivity index (χ1n) is 9.57. The van der Waals surface area contributed by atoms with Crippen molar-refractivity contribution in [1.82, 2.24) is 0 Å². The normalized spacial score (nSPS) is 14.3. The third-order valence-corrected chi connectivity index (χ3v) is 4.53. The highest BCUT2D eigenvalue weighted by Gasteiger charge is 2.28. The van der Waals surface area contributed by atoms with Crippen LogP contribution in [0.1, 0.15) is 11.1 Å². The number of nitro benzene ring substituents is 2. The van der Waals surface area contributed by atoms with Crippen LogP contribution in [0.4, 0.5) is 22.7 Å². The number of carbonyl (C=O) groups is 1. The van der Waals surface area contributed by atoms with Gasteiger partial charge in [-0.25, -0.2) is 9.79 Å². The summed E-state index contributed by atoms with van der Waals surface area (Å²) in [4.78, 5) is 36.9. The number of rotatable bonds is 6. The number of non-ortho nitro benzene ring substituents is 2. The molecule has 0 spiro atoms. The van der Waals surface area contributed by atoms with Gasteiger partial charge in [-0.15, -0.1) is 0 Å². The maximum absolute atomic E-state index is 12.3. The van der Waals surface area contributed by atoms with Crippen LogP contribution in [0.15, 0.2) is 87.6 Å². The highest BCUT2D eigenvalue weighted by molar-refractivity contribution is 6.13. The highest BCUT2D eigenvalue weighted by atomic mass is 16.6. The Labute approximate surface area is 190 Å². The predicted molar refractivity (Wildman–Crippen MR) is 119 cm³/mol. The van der Waals surface area contributed by atoms with Gasteiger partial charge in [0, 0.05) is 17.7 Å². The molecule has 1 aliphatic rings. The molecule has 0 saturated heterocycles. The molecule has 12 nitrogen and oxygen atoms in total. The van der Waals surface area contributed by atoms with E-state index >= 15 is 0 Å². The van der Waals surface area contributed by atoms with Crippen molar-refractivity contribution in [3.05, 3.63) is 104 Å². The lowest BCUT2D eigenvalue weighted by molar-refractivity contribution is -0.394. The first kappa shape index (κ1) is 22.0. The second kappa shape index (κ2) is 9.08. The number of phenols is 1. The van der Waals surface area contributed by atoms with E-state index in [0.29, 0.717) is 11.4 Å². The van der Waals surface area contributed by atoms with Gasteiger partial charge in [0.15, 0.2) is 5.70 Å². The summed E-state index contributed by atoms with van der Waals surface area (Å²) >= 11 is 0. The Bertz CT molecular complexity index is 1380. The fourth-order valence-electron chi connectivity index (χ4n) is 2.94. The Morgan fingerprint density at radius 3 is 2.18 bits per heavy atom. The number of benzene rings is 3. The summed E-state index contributed by atoms with van der Waals surface area (Å²) in [6, 6.07) is 16.1. The summed E-state index contributed by atoms with van der Waals surface area (Å²) in [6.45, 7) is 0. The zero-order chi connectivity index (χ0) is 24.2. The maximum Gasteiger partial charge on any atom is 0.363 e. The van der Waals surface area contributed by atoms with E-state index in [1.54, 1.807) is 24.3 Å². The van der Waals surface area contributed by atoms with Crippen LogP contribution in [0, 0.1) is 20.2 Å². The molecule has 0 aliphatic carbocycles. The number of nitro groups is 2. The van der Waals surface area contributed by atoms with Crippen LogP contribution in [0.2, 0.25) is 0 Å². The molecule has 0 bridgehead atoms. The van der Waals surface area contributed by atoms with Crippen LogP contribution in [-0.2, 0) is 9.53 Å². The molecule has 4 rings (SSSR count). The number of azo groups is 1. The summed E-state index contributed by atoms with van der Waals surface area (Å²) < 4.78 is 5.05. The SMILES string of the molecule is O=C1OC(c2cc([N+](=O)[O-])cc([N+](=O)[O-])c2)=N/C1=C/c1cc(N=Nc2ccccc2)ccc1O. The molecule has 1 aliphatic heterocycles. The second-order valence-electron chi connectivity index (χ2n) is 6.87. The number of aromatic hydroxyl groups is 1. The van der Waals surface area contributed by atoms with Gasteiger partial charge in [0.25, 0.3) is 11.4 Å². The molecular formula is C22H13N5O7. The first-order chi connectivity index (χ1) is 16.3. The molecule has 0 unspecified atom stereocenters. The number of cyclic esters (lactones) is 1. The largest absolute Gasteiger partial charge is 0.507 e. The Kier molecular flexibility index (Phi) is 5.86. The highest BCUT2D eigenvalue weighted by Crippen LogP contribution is 2.30. The quantitative estimate of drug-likeness (QED) is 0.178. The van der Waals surface area contributed by atoms with Gasteiger partial charge in [-0.2, -0.15) is 10.2 Å². The number of phenolic OH excluding ortho intramolecular Hbond substituents is 1. The minimum atomic E-state index is -0.903. The second-order valence-corrected chi connectivity index (χ2v) is 6.87. The van der Waals surface area contributed by atoms with Gasteiger partial charge in [-0.05, 0) is 36.4 Å². The summed E-state index contributed by atoms with van der Waals surface area (Å²) in [5.74, 6) is -1.42. The molecule has 3 aromatic rings. The Hall–Kier alpha value is -5.26. The van der Waals surface area contributed by atoms with E-state index in [4.69, 9.17) is 4.74 Å². The van der Waals surface area contributed by atoms with E-state index in [9.17, 15) is 30.1 Å². The molecule has 168 valence electrons. The Morgan fingerprint density at radius 2 is 1.53 bits per heavy atom. The van der Waals surface area contributed by atoms with Crippen molar-refractivity contribution in [3.8, 4) is 5.75 Å². The third-order valence-electron chi connectivity index (χ3n) is 4.53. The summed E-state index contributed by atoms with van der Waals surface area (Å²) in [5, 5.41) is 40.6. The molecule has 12 heteroatoms. The third kappa shape index (κ3) is 4.80. The van der Waals surface area contributed by atoms with Crippen LogP contribution >= 0.6 is 0 Å². The zero-order valence-corrected chi connectivity index (χ0v) is 17.1. The van der Waals surface area contributed by atoms with E-state index in [2.05, 4.69) is 15.2 Å². The topological polar surface area (TPSA) is 170 Å². The molecule has 0 amide bonds. The summed E-state index contributed by atoms with van der Waals surface area (Å²) in [7, 11) is 0. The molecule has 34 heavy (non-hydrogen) atoms. The monoisotopic (exact) mass is 459 g/mol. The van der Waals surface area contributed by atoms with E-state index < -0.39 is 27.2 Å². The maximum atomic E-state index is 12.3. The van der Waals surface area contributed by atoms with Crippen molar-refractivity contribution >= 4 is 40.7 Å². The number of hydrogen-bond donors (Lipinski definition) is 1. The Balaban J connectivity index is 1.68. The van der Waals surface area contributed by atoms with Crippen molar-refractivity contribution in [2.45, 2.75) is 0 Å². The molecule has 1 heterocycles. The average molecular weight is 459 g/mol. The van der Waals surface area contributed by atoms with Crippen LogP contribution in [0.25, 0.3) is 6.08 Å². The number of ether oxygens (including phenoxy) is 1. The number of hydrogen-bond acceptors (Lipinski definition) is 10. The number of carbonyl (C=O) groups excluding carboxylic acids is 1. The van der Waals surface area contributed by atoms with E-state index in [-0.39, 0.29) is 28.5 Å². The molecule has 0 saturated carbocycles. The van der Waals surface area contributed by atoms with Crippen LogP contribution in [-0.4, -0.2) is 26.8 Å². The van der Waals surface area contributed by atoms with Gasteiger partial charge in [0.1, 0.15) is 5.75 Å². The molecule has 0 radical (unpaired) electrons. The van der Waals surface area contributed by atoms with Gasteiger partial charge in [-0.3, -0.25) is 20.2 Å². The standard InChI is InChI=1S/C22H13N5O7/c28-20-7-6-16(25-24-15-4-2-1-3-5-15)8-13(20)11-19-22(29)34-21(23-19)14-9-17(26(30)31)12-18(10-14)27(32)33/h1-12,28H/b19-11+,25-24?. The number of nitrogens with zero attached hydrogens (tertiary/aromatic N) is 5. The first-order valence-corrected chi connectivity index (χ1v) is 9.57. The smallest absolute Gasteiger partial charge is 0.363 e. The van der Waals surface area contributed by atoms with Gasteiger partial charge in [-0.1, -0.05) is 18.2 Å². The molecule has 1 N–H and O–H groups in total. The Morgan fingerprint density at radius 1 is 0.882 bits per heavy atom. The zero-order valence-electron chi connectivity index (χ0n) is 17.1. The van der Waals surface area contributed by atoms with Crippen LogP contribution in [0.5, 0.6) is 5.75 Å². The molecule has 0 fully saturated rings. The van der Waals surface area contributed by atoms with E-state index in [0.717, 1.165) is 18.2 Å².